The van der Waals surface area contributed by atoms with Gasteiger partial charge in [0.2, 0.25) is 0 Å². The van der Waals surface area contributed by atoms with Crippen LogP contribution in [0.15, 0.2) is 29.9 Å². The fourth-order valence-electron chi connectivity index (χ4n) is 2.63. The minimum Gasteiger partial charge on any atom is -0.306 e. The van der Waals surface area contributed by atoms with E-state index in [9.17, 15) is 0 Å². The van der Waals surface area contributed by atoms with Gasteiger partial charge in [-0.3, -0.25) is 4.98 Å². The van der Waals surface area contributed by atoms with Crippen molar-refractivity contribution in [2.75, 3.05) is 0 Å². The van der Waals surface area contributed by atoms with Gasteiger partial charge in [0.15, 0.2) is 0 Å². The molecule has 0 saturated heterocycles. The molecule has 2 heterocycles. The third-order valence-electron chi connectivity index (χ3n) is 3.73. The summed E-state index contributed by atoms with van der Waals surface area (Å²) < 4.78 is 0. The Balaban J connectivity index is 1.71. The highest BCUT2D eigenvalue weighted by molar-refractivity contribution is 7.10. The van der Waals surface area contributed by atoms with Crippen LogP contribution in [0.2, 0.25) is 0 Å². The van der Waals surface area contributed by atoms with Crippen LogP contribution in [0.5, 0.6) is 0 Å². The van der Waals surface area contributed by atoms with Gasteiger partial charge in [0.1, 0.15) is 0 Å². The molecule has 1 aliphatic carbocycles. The number of aryl methyl sites for hydroxylation is 2. The number of fused-ring (bicyclic) bond motifs is 1. The van der Waals surface area contributed by atoms with Crippen LogP contribution < -0.4 is 5.32 Å². The zero-order chi connectivity index (χ0) is 12.4. The van der Waals surface area contributed by atoms with Crippen LogP contribution >= 0.6 is 11.3 Å². The van der Waals surface area contributed by atoms with Crippen LogP contribution in [-0.4, -0.2) is 4.98 Å². The number of nitrogens with zero attached hydrogens (tertiary/aromatic N) is 1. The molecule has 1 atom stereocenters. The van der Waals surface area contributed by atoms with Gasteiger partial charge in [0, 0.05) is 29.9 Å². The average Bonchev–Trinajstić information content (AvgIpc) is 2.86. The van der Waals surface area contributed by atoms with Crippen LogP contribution in [0.3, 0.4) is 0 Å². The summed E-state index contributed by atoms with van der Waals surface area (Å²) in [6.45, 7) is 3.06. The number of nitrogens with one attached hydrogen (secondary N) is 1. The van der Waals surface area contributed by atoms with Crippen molar-refractivity contribution < 1.29 is 0 Å². The predicted molar refractivity (Wildman–Crippen MR) is 75.8 cm³/mol. The van der Waals surface area contributed by atoms with Gasteiger partial charge in [-0.1, -0.05) is 0 Å². The highest BCUT2D eigenvalue weighted by Gasteiger charge is 2.20. The summed E-state index contributed by atoms with van der Waals surface area (Å²) in [5.74, 6) is 0. The van der Waals surface area contributed by atoms with Gasteiger partial charge < -0.3 is 5.32 Å². The van der Waals surface area contributed by atoms with Crippen molar-refractivity contribution in [3.8, 4) is 0 Å². The van der Waals surface area contributed by atoms with E-state index in [0.29, 0.717) is 6.04 Å². The molecule has 0 bridgehead atoms. The Kier molecular flexibility index (Phi) is 3.43. The van der Waals surface area contributed by atoms with E-state index in [1.807, 2.05) is 23.7 Å². The Morgan fingerprint density at radius 1 is 1.44 bits per heavy atom. The molecular formula is C15H18N2S. The maximum Gasteiger partial charge on any atom is 0.0334 e. The number of hydrogen-bond acceptors (Lipinski definition) is 3. The van der Waals surface area contributed by atoms with E-state index in [1.165, 1.54) is 36.0 Å². The number of aromatic nitrogens is 1. The molecule has 2 aromatic heterocycles. The van der Waals surface area contributed by atoms with Crippen molar-refractivity contribution in [2.45, 2.75) is 38.8 Å². The van der Waals surface area contributed by atoms with Crippen molar-refractivity contribution in [3.63, 3.8) is 0 Å². The van der Waals surface area contributed by atoms with E-state index in [1.54, 1.807) is 4.88 Å². The fraction of sp³-hybridized carbons (Fsp3) is 0.400. The van der Waals surface area contributed by atoms with Gasteiger partial charge >= 0.3 is 0 Å². The molecule has 2 aromatic rings. The summed E-state index contributed by atoms with van der Waals surface area (Å²) >= 11 is 1.90. The zero-order valence-electron chi connectivity index (χ0n) is 10.6. The molecule has 94 valence electrons. The molecule has 0 spiro atoms. The quantitative estimate of drug-likeness (QED) is 0.909. The first-order chi connectivity index (χ1) is 8.84. The monoisotopic (exact) mass is 258 g/mol. The second kappa shape index (κ2) is 5.21. The SMILES string of the molecule is Cc1cnccc1CNC1CCCc2sccc21. The second-order valence-corrected chi connectivity index (χ2v) is 5.93. The topological polar surface area (TPSA) is 24.9 Å². The van der Waals surface area contributed by atoms with Gasteiger partial charge in [-0.05, 0) is 60.4 Å². The zero-order valence-corrected chi connectivity index (χ0v) is 11.5. The van der Waals surface area contributed by atoms with Crippen LogP contribution in [0.4, 0.5) is 0 Å². The van der Waals surface area contributed by atoms with E-state index in [-0.39, 0.29) is 0 Å². The number of thiophene rings is 1. The van der Waals surface area contributed by atoms with Crippen molar-refractivity contribution in [1.82, 2.24) is 10.3 Å². The Bertz CT molecular complexity index is 533. The summed E-state index contributed by atoms with van der Waals surface area (Å²) in [5.41, 5.74) is 4.15. The van der Waals surface area contributed by atoms with Gasteiger partial charge in [-0.2, -0.15) is 0 Å². The molecule has 0 radical (unpaired) electrons. The van der Waals surface area contributed by atoms with E-state index in [4.69, 9.17) is 0 Å². The standard InChI is InChI=1S/C15H18N2S/c1-11-9-16-7-5-12(11)10-17-14-3-2-4-15-13(14)6-8-18-15/h5-9,14,17H,2-4,10H2,1H3. The van der Waals surface area contributed by atoms with E-state index in [0.717, 1.165) is 6.54 Å². The lowest BCUT2D eigenvalue weighted by Crippen LogP contribution is -2.24. The van der Waals surface area contributed by atoms with Crippen molar-refractivity contribution in [3.05, 3.63) is 51.5 Å². The molecule has 2 nitrogen and oxygen atoms in total. The first kappa shape index (κ1) is 11.9. The molecular weight excluding hydrogens is 240 g/mol. The lowest BCUT2D eigenvalue weighted by atomic mass is 9.94. The number of rotatable bonds is 3. The average molecular weight is 258 g/mol. The summed E-state index contributed by atoms with van der Waals surface area (Å²) in [6.07, 6.45) is 7.64. The molecule has 0 amide bonds. The smallest absolute Gasteiger partial charge is 0.0334 e. The summed E-state index contributed by atoms with van der Waals surface area (Å²) in [5, 5.41) is 5.92. The molecule has 0 aliphatic heterocycles. The van der Waals surface area contributed by atoms with Crippen molar-refractivity contribution in [1.29, 1.82) is 0 Å². The number of pyridine rings is 1. The minimum absolute atomic E-state index is 0.535. The third kappa shape index (κ3) is 2.33. The summed E-state index contributed by atoms with van der Waals surface area (Å²) in [6, 6.07) is 4.93. The second-order valence-electron chi connectivity index (χ2n) is 4.93. The molecule has 3 heteroatoms. The fourth-order valence-corrected chi connectivity index (χ4v) is 3.62. The molecule has 0 aromatic carbocycles. The molecule has 18 heavy (non-hydrogen) atoms. The highest BCUT2D eigenvalue weighted by Crippen LogP contribution is 2.33. The molecule has 0 saturated carbocycles. The molecule has 0 fully saturated rings. The van der Waals surface area contributed by atoms with E-state index < -0.39 is 0 Å². The van der Waals surface area contributed by atoms with Crippen molar-refractivity contribution >= 4 is 11.3 Å². The maximum atomic E-state index is 4.14. The normalized spacial score (nSPS) is 18.6. The van der Waals surface area contributed by atoms with Gasteiger partial charge in [0.05, 0.1) is 0 Å². The molecule has 1 unspecified atom stereocenters. The molecule has 1 aliphatic rings. The van der Waals surface area contributed by atoms with Crippen LogP contribution in [0.1, 0.15) is 40.5 Å². The first-order valence-corrected chi connectivity index (χ1v) is 7.41. The van der Waals surface area contributed by atoms with Gasteiger partial charge in [-0.25, -0.2) is 0 Å². The third-order valence-corrected chi connectivity index (χ3v) is 4.72. The Morgan fingerprint density at radius 3 is 3.28 bits per heavy atom. The lowest BCUT2D eigenvalue weighted by Gasteiger charge is -2.24. The minimum atomic E-state index is 0.535. The summed E-state index contributed by atoms with van der Waals surface area (Å²) in [7, 11) is 0. The molecule has 3 rings (SSSR count). The van der Waals surface area contributed by atoms with Gasteiger partial charge in [0.25, 0.3) is 0 Å². The number of hydrogen-bond donors (Lipinski definition) is 1. The maximum absolute atomic E-state index is 4.14. The van der Waals surface area contributed by atoms with Crippen LogP contribution in [-0.2, 0) is 13.0 Å². The molecule has 1 N–H and O–H groups in total. The predicted octanol–water partition coefficient (Wildman–Crippen LogP) is 3.62. The van der Waals surface area contributed by atoms with E-state index >= 15 is 0 Å². The van der Waals surface area contributed by atoms with Crippen molar-refractivity contribution in [2.24, 2.45) is 0 Å². The van der Waals surface area contributed by atoms with Gasteiger partial charge in [-0.15, -0.1) is 11.3 Å². The van der Waals surface area contributed by atoms with Crippen LogP contribution in [0, 0.1) is 6.92 Å². The Morgan fingerprint density at radius 2 is 2.39 bits per heavy atom. The lowest BCUT2D eigenvalue weighted by molar-refractivity contribution is 0.462. The Labute approximate surface area is 112 Å². The summed E-state index contributed by atoms with van der Waals surface area (Å²) in [4.78, 5) is 5.72. The Hall–Kier alpha value is -1.19. The van der Waals surface area contributed by atoms with E-state index in [2.05, 4.69) is 34.7 Å². The van der Waals surface area contributed by atoms with Crippen LogP contribution in [0.25, 0.3) is 0 Å². The largest absolute Gasteiger partial charge is 0.306 e. The highest BCUT2D eigenvalue weighted by atomic mass is 32.1. The first-order valence-electron chi connectivity index (χ1n) is 6.54.